The summed E-state index contributed by atoms with van der Waals surface area (Å²) in [6, 6.07) is 18.0. The zero-order chi connectivity index (χ0) is 22.5. The first-order valence-corrected chi connectivity index (χ1v) is 11.6. The molecule has 6 nitrogen and oxygen atoms in total. The lowest BCUT2D eigenvalue weighted by atomic mass is 10.1. The summed E-state index contributed by atoms with van der Waals surface area (Å²) in [7, 11) is 0. The number of amides is 1. The van der Waals surface area contributed by atoms with Crippen molar-refractivity contribution in [2.45, 2.75) is 38.9 Å². The predicted octanol–water partition coefficient (Wildman–Crippen LogP) is 5.50. The summed E-state index contributed by atoms with van der Waals surface area (Å²) in [4.78, 5) is 12.7. The van der Waals surface area contributed by atoms with Gasteiger partial charge in [-0.1, -0.05) is 66.7 Å². The highest BCUT2D eigenvalue weighted by atomic mass is 32.2. The first kappa shape index (κ1) is 21.9. The Hall–Kier alpha value is -3.32. The van der Waals surface area contributed by atoms with E-state index < -0.39 is 0 Å². The van der Waals surface area contributed by atoms with Crippen molar-refractivity contribution in [1.82, 2.24) is 14.8 Å². The number of benzene rings is 2. The Balaban J connectivity index is 1.54. The van der Waals surface area contributed by atoms with Gasteiger partial charge in [-0.15, -0.1) is 10.2 Å². The zero-order valence-electron chi connectivity index (χ0n) is 18.5. The molecule has 2 heterocycles. The monoisotopic (exact) mass is 446 g/mol. The third-order valence-corrected chi connectivity index (χ3v) is 6.22. The van der Waals surface area contributed by atoms with Crippen LogP contribution in [0.25, 0.3) is 11.4 Å². The summed E-state index contributed by atoms with van der Waals surface area (Å²) < 4.78 is 7.54. The van der Waals surface area contributed by atoms with Crippen LogP contribution in [-0.2, 0) is 17.8 Å². The van der Waals surface area contributed by atoms with Gasteiger partial charge in [0.25, 0.3) is 0 Å². The average Bonchev–Trinajstić information content (AvgIpc) is 3.45. The maximum Gasteiger partial charge on any atom is 0.234 e. The van der Waals surface area contributed by atoms with E-state index in [0.29, 0.717) is 11.7 Å². The van der Waals surface area contributed by atoms with Crippen molar-refractivity contribution in [3.05, 3.63) is 83.3 Å². The number of hydrogen-bond donors (Lipinski definition) is 1. The summed E-state index contributed by atoms with van der Waals surface area (Å²) in [5.41, 5.74) is 5.24. The van der Waals surface area contributed by atoms with Crippen molar-refractivity contribution < 1.29 is 9.21 Å². The van der Waals surface area contributed by atoms with Crippen molar-refractivity contribution in [3.63, 3.8) is 0 Å². The van der Waals surface area contributed by atoms with Gasteiger partial charge in [-0.05, 0) is 43.5 Å². The number of hydrogen-bond acceptors (Lipinski definition) is 5. The van der Waals surface area contributed by atoms with Crippen LogP contribution < -0.4 is 5.32 Å². The van der Waals surface area contributed by atoms with E-state index in [4.69, 9.17) is 4.42 Å². The van der Waals surface area contributed by atoms with Crippen molar-refractivity contribution in [1.29, 1.82) is 0 Å². The van der Waals surface area contributed by atoms with E-state index in [1.165, 1.54) is 17.3 Å². The van der Waals surface area contributed by atoms with Crippen LogP contribution in [0, 0.1) is 13.8 Å². The second-order valence-corrected chi connectivity index (χ2v) is 8.58. The largest absolute Gasteiger partial charge is 0.467 e. The molecule has 1 amide bonds. The summed E-state index contributed by atoms with van der Waals surface area (Å²) in [6.07, 6.45) is 2.51. The molecular weight excluding hydrogens is 420 g/mol. The van der Waals surface area contributed by atoms with Gasteiger partial charge in [-0.2, -0.15) is 0 Å². The molecule has 2 aromatic heterocycles. The van der Waals surface area contributed by atoms with E-state index in [1.54, 1.807) is 6.26 Å². The van der Waals surface area contributed by atoms with Crippen LogP contribution in [-0.4, -0.2) is 26.4 Å². The number of thioether (sulfide) groups is 1. The van der Waals surface area contributed by atoms with Crippen LogP contribution in [0.5, 0.6) is 0 Å². The van der Waals surface area contributed by atoms with Crippen LogP contribution in [0.3, 0.4) is 0 Å². The lowest BCUT2D eigenvalue weighted by Gasteiger charge is -2.13. The number of aryl methyl sites for hydroxylation is 3. The summed E-state index contributed by atoms with van der Waals surface area (Å²) >= 11 is 1.37. The molecule has 1 N–H and O–H groups in total. The number of carbonyl (C=O) groups is 1. The molecule has 32 heavy (non-hydrogen) atoms. The van der Waals surface area contributed by atoms with Crippen LogP contribution in [0.2, 0.25) is 0 Å². The minimum Gasteiger partial charge on any atom is -0.467 e. The fourth-order valence-electron chi connectivity index (χ4n) is 3.52. The minimum absolute atomic E-state index is 0.0663. The van der Waals surface area contributed by atoms with Gasteiger partial charge in [0.15, 0.2) is 11.0 Å². The maximum absolute atomic E-state index is 12.7. The topological polar surface area (TPSA) is 73.0 Å². The van der Waals surface area contributed by atoms with Crippen LogP contribution >= 0.6 is 11.8 Å². The van der Waals surface area contributed by atoms with Crippen molar-refractivity contribution in [3.8, 4) is 11.4 Å². The molecule has 0 saturated heterocycles. The SMILES string of the molecule is CCc1cccc(C)c1NC(=O)CSc1nnc(-c2ccc(C)cc2)n1Cc1ccco1. The van der Waals surface area contributed by atoms with E-state index >= 15 is 0 Å². The van der Waals surface area contributed by atoms with Crippen LogP contribution in [0.4, 0.5) is 5.69 Å². The number of rotatable bonds is 8. The first-order chi connectivity index (χ1) is 15.5. The average molecular weight is 447 g/mol. The predicted molar refractivity (Wildman–Crippen MR) is 128 cm³/mol. The minimum atomic E-state index is -0.0663. The Bertz CT molecular complexity index is 1200. The molecular formula is C25H26N4O2S. The van der Waals surface area contributed by atoms with E-state index in [0.717, 1.165) is 40.4 Å². The molecule has 0 radical (unpaired) electrons. The van der Waals surface area contributed by atoms with E-state index in [1.807, 2.05) is 54.0 Å². The maximum atomic E-state index is 12.7. The van der Waals surface area contributed by atoms with E-state index in [2.05, 4.69) is 41.5 Å². The summed E-state index contributed by atoms with van der Waals surface area (Å²) in [5.74, 6) is 1.72. The van der Waals surface area contributed by atoms with Gasteiger partial charge in [-0.3, -0.25) is 9.36 Å². The highest BCUT2D eigenvalue weighted by molar-refractivity contribution is 7.99. The number of nitrogens with one attached hydrogen (secondary N) is 1. The van der Waals surface area contributed by atoms with E-state index in [-0.39, 0.29) is 11.7 Å². The van der Waals surface area contributed by atoms with Crippen LogP contribution in [0.15, 0.2) is 70.4 Å². The molecule has 0 bridgehead atoms. The molecule has 7 heteroatoms. The molecule has 0 fully saturated rings. The molecule has 0 atom stereocenters. The molecule has 0 spiro atoms. The molecule has 4 aromatic rings. The Kier molecular flexibility index (Phi) is 6.75. The second kappa shape index (κ2) is 9.87. The number of furan rings is 1. The van der Waals surface area contributed by atoms with Gasteiger partial charge in [0.2, 0.25) is 5.91 Å². The second-order valence-electron chi connectivity index (χ2n) is 7.64. The summed E-state index contributed by atoms with van der Waals surface area (Å²) in [5, 5.41) is 12.5. The number of nitrogens with zero attached hydrogens (tertiary/aromatic N) is 3. The van der Waals surface area contributed by atoms with Gasteiger partial charge in [0, 0.05) is 11.3 Å². The van der Waals surface area contributed by atoms with Crippen LogP contribution in [0.1, 0.15) is 29.4 Å². The first-order valence-electron chi connectivity index (χ1n) is 10.6. The third-order valence-electron chi connectivity index (χ3n) is 5.26. The van der Waals surface area contributed by atoms with Gasteiger partial charge in [-0.25, -0.2) is 0 Å². The highest BCUT2D eigenvalue weighted by Crippen LogP contribution is 2.27. The smallest absolute Gasteiger partial charge is 0.234 e. The van der Waals surface area contributed by atoms with Gasteiger partial charge in [0.05, 0.1) is 18.6 Å². The normalized spacial score (nSPS) is 11.0. The Morgan fingerprint density at radius 1 is 1.06 bits per heavy atom. The van der Waals surface area contributed by atoms with Gasteiger partial charge >= 0.3 is 0 Å². The Labute approximate surface area is 192 Å². The number of carbonyl (C=O) groups excluding carboxylic acids is 1. The standard InChI is InChI=1S/C25H26N4O2S/c1-4-19-8-5-7-18(3)23(19)26-22(30)16-32-25-28-27-24(20-12-10-17(2)11-13-20)29(25)15-21-9-6-14-31-21/h5-14H,4,15-16H2,1-3H3,(H,26,30). The highest BCUT2D eigenvalue weighted by Gasteiger charge is 2.17. The number of aromatic nitrogens is 3. The van der Waals surface area contributed by atoms with E-state index in [9.17, 15) is 4.79 Å². The molecule has 0 aliphatic heterocycles. The molecule has 0 unspecified atom stereocenters. The Morgan fingerprint density at radius 2 is 1.88 bits per heavy atom. The lowest BCUT2D eigenvalue weighted by molar-refractivity contribution is -0.113. The van der Waals surface area contributed by atoms with Gasteiger partial charge < -0.3 is 9.73 Å². The molecule has 164 valence electrons. The van der Waals surface area contributed by atoms with Crippen molar-refractivity contribution in [2.75, 3.05) is 11.1 Å². The molecule has 0 aliphatic carbocycles. The number of anilines is 1. The lowest BCUT2D eigenvalue weighted by Crippen LogP contribution is -2.16. The van der Waals surface area contributed by atoms with Gasteiger partial charge in [0.1, 0.15) is 5.76 Å². The number of para-hydroxylation sites is 1. The molecule has 0 saturated carbocycles. The molecule has 2 aromatic carbocycles. The molecule has 0 aliphatic rings. The Morgan fingerprint density at radius 3 is 2.59 bits per heavy atom. The quantitative estimate of drug-likeness (QED) is 0.362. The third kappa shape index (κ3) is 4.94. The van der Waals surface area contributed by atoms with Crippen molar-refractivity contribution >= 4 is 23.4 Å². The van der Waals surface area contributed by atoms with Crippen molar-refractivity contribution in [2.24, 2.45) is 0 Å². The fraction of sp³-hybridized carbons (Fsp3) is 0.240. The zero-order valence-corrected chi connectivity index (χ0v) is 19.3. The fourth-order valence-corrected chi connectivity index (χ4v) is 4.26. The summed E-state index contributed by atoms with van der Waals surface area (Å²) in [6.45, 7) is 6.64. The molecule has 4 rings (SSSR count).